The van der Waals surface area contributed by atoms with E-state index in [0.717, 1.165) is 12.1 Å². The van der Waals surface area contributed by atoms with E-state index < -0.39 is 34.5 Å². The molecule has 0 aliphatic heterocycles. The van der Waals surface area contributed by atoms with Crippen LogP contribution in [0.25, 0.3) is 5.82 Å². The van der Waals surface area contributed by atoms with Crippen LogP contribution >= 0.6 is 23.2 Å². The van der Waals surface area contributed by atoms with Crippen LogP contribution in [0.2, 0.25) is 10.0 Å². The van der Waals surface area contributed by atoms with Crippen LogP contribution in [-0.4, -0.2) is 36.1 Å². The lowest BCUT2D eigenvalue weighted by Gasteiger charge is -2.15. The van der Waals surface area contributed by atoms with Crippen molar-refractivity contribution >= 4 is 39.9 Å². The predicted molar refractivity (Wildman–Crippen MR) is 114 cm³/mol. The summed E-state index contributed by atoms with van der Waals surface area (Å²) in [5.74, 6) is 0.114. The van der Waals surface area contributed by atoms with Crippen LogP contribution in [0.1, 0.15) is 40.5 Å². The number of alkyl halides is 3. The van der Waals surface area contributed by atoms with E-state index >= 15 is 0 Å². The van der Waals surface area contributed by atoms with E-state index in [4.69, 9.17) is 23.2 Å². The normalized spacial score (nSPS) is 13.6. The quantitative estimate of drug-likeness (QED) is 0.537. The Morgan fingerprint density at radius 3 is 2.53 bits per heavy atom. The van der Waals surface area contributed by atoms with Crippen molar-refractivity contribution < 1.29 is 22.2 Å². The molecule has 7 nitrogen and oxygen atoms in total. The smallest absolute Gasteiger partial charge is 0.342 e. The fourth-order valence-electron chi connectivity index (χ4n) is 2.78. The maximum atomic E-state index is 13.1. The first-order chi connectivity index (χ1) is 14.9. The van der Waals surface area contributed by atoms with Crippen LogP contribution in [0.15, 0.2) is 36.5 Å². The Morgan fingerprint density at radius 1 is 1.22 bits per heavy atom. The zero-order valence-corrected chi connectivity index (χ0v) is 19.0. The van der Waals surface area contributed by atoms with Gasteiger partial charge in [0.25, 0.3) is 5.91 Å². The summed E-state index contributed by atoms with van der Waals surface area (Å²) >= 11 is 11.6. The van der Waals surface area contributed by atoms with Crippen LogP contribution < -0.4 is 5.32 Å². The summed E-state index contributed by atoms with van der Waals surface area (Å²) in [5, 5.41) is 7.06. The van der Waals surface area contributed by atoms with Gasteiger partial charge in [-0.1, -0.05) is 23.2 Å². The van der Waals surface area contributed by atoms with Gasteiger partial charge in [-0.3, -0.25) is 9.00 Å². The van der Waals surface area contributed by atoms with Gasteiger partial charge < -0.3 is 5.32 Å². The number of halogens is 5. The summed E-state index contributed by atoms with van der Waals surface area (Å²) in [7, 11) is -1.23. The Balaban J connectivity index is 1.93. The highest BCUT2D eigenvalue weighted by atomic mass is 35.5. The van der Waals surface area contributed by atoms with Crippen molar-refractivity contribution in [3.8, 4) is 5.82 Å². The number of rotatable bonds is 6. The number of benzene rings is 1. The van der Waals surface area contributed by atoms with E-state index in [1.165, 1.54) is 17.1 Å². The largest absolute Gasteiger partial charge is 0.416 e. The highest BCUT2D eigenvalue weighted by Crippen LogP contribution is 2.32. The fraction of sp³-hybridized carbons (Fsp3) is 0.263. The zero-order valence-electron chi connectivity index (χ0n) is 16.7. The first kappa shape index (κ1) is 24.1. The Hall–Kier alpha value is -2.50. The Labute approximate surface area is 193 Å². The molecule has 1 amide bonds. The van der Waals surface area contributed by atoms with Crippen molar-refractivity contribution in [2.75, 3.05) is 6.26 Å². The number of nitrogens with one attached hydrogen (secondary N) is 1. The number of carbonyl (C=O) groups excluding carboxylic acids is 1. The molecule has 2 unspecified atom stereocenters. The minimum absolute atomic E-state index is 0.0670. The second kappa shape index (κ2) is 9.55. The van der Waals surface area contributed by atoms with E-state index in [1.807, 2.05) is 0 Å². The lowest BCUT2D eigenvalue weighted by molar-refractivity contribution is -0.137. The number of nitrogens with zero attached hydrogens (tertiary/aromatic N) is 4. The fourth-order valence-corrected chi connectivity index (χ4v) is 3.62. The summed E-state index contributed by atoms with van der Waals surface area (Å²) in [4.78, 5) is 21.2. The van der Waals surface area contributed by atoms with Crippen LogP contribution in [0.4, 0.5) is 13.2 Å². The van der Waals surface area contributed by atoms with Crippen LogP contribution in [0.5, 0.6) is 0 Å². The van der Waals surface area contributed by atoms with Gasteiger partial charge in [0.05, 0.1) is 22.4 Å². The third-order valence-corrected chi connectivity index (χ3v) is 5.27. The molecule has 2 aromatic heterocycles. The topological polar surface area (TPSA) is 89.8 Å². The average Bonchev–Trinajstić information content (AvgIpc) is 3.10. The number of carbonyl (C=O) groups is 1. The molecule has 3 aromatic rings. The molecule has 1 N–H and O–H groups in total. The van der Waals surface area contributed by atoms with Crippen molar-refractivity contribution in [1.82, 2.24) is 25.1 Å². The molecular formula is C19H16Cl2F3N5O2S. The van der Waals surface area contributed by atoms with Gasteiger partial charge in [-0.05, 0) is 37.3 Å². The number of pyridine rings is 1. The maximum Gasteiger partial charge on any atom is 0.416 e. The summed E-state index contributed by atoms with van der Waals surface area (Å²) in [6, 6.07) is 4.96. The standard InChI is InChI=1S/C19H16Cl2F3N5O2S/c1-10(26-18(30)11-5-12(19(22,23)24)7-14(21)6-11)17-27-15(9-32(2)31)28-29(17)16-4-3-13(20)8-25-16/h3-8,10H,9H2,1-2H3,(H,26,30). The van der Waals surface area contributed by atoms with Gasteiger partial charge in [0.15, 0.2) is 17.5 Å². The molecule has 0 spiro atoms. The molecule has 0 saturated carbocycles. The Bertz CT molecular complexity index is 1170. The van der Waals surface area contributed by atoms with Crippen LogP contribution in [0, 0.1) is 0 Å². The van der Waals surface area contributed by atoms with Crippen LogP contribution in [-0.2, 0) is 22.7 Å². The minimum atomic E-state index is -4.66. The van der Waals surface area contributed by atoms with Gasteiger partial charge >= 0.3 is 6.18 Å². The maximum absolute atomic E-state index is 13.1. The van der Waals surface area contributed by atoms with Gasteiger partial charge in [0.1, 0.15) is 0 Å². The molecule has 170 valence electrons. The van der Waals surface area contributed by atoms with E-state index in [-0.39, 0.29) is 28.0 Å². The monoisotopic (exact) mass is 505 g/mol. The van der Waals surface area contributed by atoms with Gasteiger partial charge in [-0.25, -0.2) is 9.97 Å². The van der Waals surface area contributed by atoms with E-state index in [2.05, 4.69) is 20.4 Å². The SMILES string of the molecule is CC(NC(=O)c1cc(Cl)cc(C(F)(F)F)c1)c1nc(CS(C)=O)nn1-c1ccc(Cl)cn1. The molecule has 0 bridgehead atoms. The van der Waals surface area contributed by atoms with Gasteiger partial charge in [-0.2, -0.15) is 17.9 Å². The summed E-state index contributed by atoms with van der Waals surface area (Å²) in [6.07, 6.45) is -1.77. The van der Waals surface area contributed by atoms with Crippen molar-refractivity contribution in [2.45, 2.75) is 24.9 Å². The van der Waals surface area contributed by atoms with Crippen molar-refractivity contribution in [1.29, 1.82) is 0 Å². The van der Waals surface area contributed by atoms with E-state index in [1.54, 1.807) is 19.1 Å². The number of aromatic nitrogens is 4. The summed E-state index contributed by atoms with van der Waals surface area (Å²) in [6.45, 7) is 1.58. The molecule has 2 heterocycles. The molecule has 3 rings (SSSR count). The molecule has 0 aliphatic carbocycles. The molecule has 0 fully saturated rings. The van der Waals surface area contributed by atoms with E-state index in [0.29, 0.717) is 16.9 Å². The van der Waals surface area contributed by atoms with Gasteiger partial charge in [0, 0.05) is 33.8 Å². The van der Waals surface area contributed by atoms with Crippen LogP contribution in [0.3, 0.4) is 0 Å². The van der Waals surface area contributed by atoms with E-state index in [9.17, 15) is 22.2 Å². The molecule has 1 aromatic carbocycles. The molecule has 13 heteroatoms. The molecular weight excluding hydrogens is 490 g/mol. The predicted octanol–water partition coefficient (Wildman–Crippen LogP) is 4.36. The molecule has 0 aliphatic rings. The third kappa shape index (κ3) is 5.84. The number of amides is 1. The Kier molecular flexibility index (Phi) is 7.21. The second-order valence-corrected chi connectivity index (χ2v) is 9.08. The lowest BCUT2D eigenvalue weighted by Crippen LogP contribution is -2.29. The Morgan fingerprint density at radius 2 is 1.94 bits per heavy atom. The minimum Gasteiger partial charge on any atom is -0.342 e. The summed E-state index contributed by atoms with van der Waals surface area (Å²) in [5.41, 5.74) is -1.30. The zero-order chi connectivity index (χ0) is 23.6. The second-order valence-electron chi connectivity index (χ2n) is 6.77. The molecule has 0 radical (unpaired) electrons. The molecule has 32 heavy (non-hydrogen) atoms. The summed E-state index contributed by atoms with van der Waals surface area (Å²) < 4.78 is 52.1. The molecule has 0 saturated heterocycles. The lowest BCUT2D eigenvalue weighted by atomic mass is 10.1. The van der Waals surface area contributed by atoms with Gasteiger partial charge in [0.2, 0.25) is 0 Å². The third-order valence-electron chi connectivity index (χ3n) is 4.16. The van der Waals surface area contributed by atoms with Crippen molar-refractivity contribution in [2.24, 2.45) is 0 Å². The first-order valence-electron chi connectivity index (χ1n) is 9.00. The molecule has 2 atom stereocenters. The number of hydrogen-bond acceptors (Lipinski definition) is 5. The average molecular weight is 506 g/mol. The van der Waals surface area contributed by atoms with Crippen molar-refractivity contribution in [3.05, 3.63) is 69.3 Å². The highest BCUT2D eigenvalue weighted by molar-refractivity contribution is 7.83. The highest BCUT2D eigenvalue weighted by Gasteiger charge is 2.32. The number of hydrogen-bond donors (Lipinski definition) is 1. The van der Waals surface area contributed by atoms with Crippen molar-refractivity contribution in [3.63, 3.8) is 0 Å². The first-order valence-corrected chi connectivity index (χ1v) is 11.5. The van der Waals surface area contributed by atoms with Gasteiger partial charge in [-0.15, -0.1) is 5.10 Å².